The third-order valence-electron chi connectivity index (χ3n) is 3.40. The molecule has 3 aromatic rings. The van der Waals surface area contributed by atoms with E-state index in [0.717, 1.165) is 0 Å². The zero-order valence-electron chi connectivity index (χ0n) is 12.9. The van der Waals surface area contributed by atoms with Crippen molar-refractivity contribution < 1.29 is 9.53 Å². The van der Waals surface area contributed by atoms with Crippen molar-refractivity contribution >= 4 is 22.9 Å². The number of fused-ring (bicyclic) bond motifs is 1. The van der Waals surface area contributed by atoms with Crippen LogP contribution in [-0.2, 0) is 4.79 Å². The molecule has 0 radical (unpaired) electrons. The first-order valence-electron chi connectivity index (χ1n) is 7.30. The van der Waals surface area contributed by atoms with Crippen molar-refractivity contribution in [2.45, 2.75) is 19.8 Å². The Labute approximate surface area is 133 Å². The molecule has 0 atom stereocenters. The topological polar surface area (TPSA) is 92.8 Å². The number of nitrogens with one attached hydrogen (secondary N) is 2. The molecule has 2 heterocycles. The highest BCUT2D eigenvalue weighted by molar-refractivity contribution is 5.97. The Hall–Kier alpha value is -2.96. The second-order valence-electron chi connectivity index (χ2n) is 5.38. The standard InChI is InChI=1S/C16H17N5O2/c1-10(2)11-3-5-12(6-4-11)23-7-13(22)21-16-14-15(18-8-17-14)19-9-20-16/h3-6,8-10H,7H2,1-2H3,(H2,17,18,19,20,21,22). The number of carbonyl (C=O) groups excluding carboxylic acids is 1. The number of ether oxygens (including phenoxy) is 1. The molecule has 0 spiro atoms. The normalized spacial score (nSPS) is 10.9. The lowest BCUT2D eigenvalue weighted by molar-refractivity contribution is -0.118. The monoisotopic (exact) mass is 311 g/mol. The zero-order chi connectivity index (χ0) is 16.2. The molecule has 0 aliphatic carbocycles. The van der Waals surface area contributed by atoms with Crippen LogP contribution in [0.2, 0.25) is 0 Å². The van der Waals surface area contributed by atoms with E-state index in [0.29, 0.717) is 28.6 Å². The first kappa shape index (κ1) is 15.0. The van der Waals surface area contributed by atoms with E-state index >= 15 is 0 Å². The summed E-state index contributed by atoms with van der Waals surface area (Å²) in [6.45, 7) is 4.16. The van der Waals surface area contributed by atoms with Gasteiger partial charge < -0.3 is 15.0 Å². The Balaban J connectivity index is 1.60. The maximum Gasteiger partial charge on any atom is 0.263 e. The number of anilines is 1. The fourth-order valence-corrected chi connectivity index (χ4v) is 2.13. The molecule has 7 nitrogen and oxygen atoms in total. The number of imidazole rings is 1. The minimum absolute atomic E-state index is 0.0966. The molecule has 2 N–H and O–H groups in total. The summed E-state index contributed by atoms with van der Waals surface area (Å²) in [6, 6.07) is 7.72. The molecule has 0 aliphatic heterocycles. The Kier molecular flexibility index (Phi) is 4.18. The molecule has 0 saturated carbocycles. The van der Waals surface area contributed by atoms with Crippen molar-refractivity contribution in [1.29, 1.82) is 0 Å². The molecule has 118 valence electrons. The van der Waals surface area contributed by atoms with Gasteiger partial charge in [-0.15, -0.1) is 0 Å². The summed E-state index contributed by atoms with van der Waals surface area (Å²) in [5, 5.41) is 2.68. The molecule has 23 heavy (non-hydrogen) atoms. The van der Waals surface area contributed by atoms with Crippen LogP contribution >= 0.6 is 0 Å². The van der Waals surface area contributed by atoms with Crippen LogP contribution in [0.4, 0.5) is 5.82 Å². The van der Waals surface area contributed by atoms with Gasteiger partial charge in [-0.25, -0.2) is 15.0 Å². The highest BCUT2D eigenvalue weighted by Gasteiger charge is 2.10. The predicted octanol–water partition coefficient (Wildman–Crippen LogP) is 2.49. The van der Waals surface area contributed by atoms with Crippen LogP contribution in [0.25, 0.3) is 11.2 Å². The first-order valence-corrected chi connectivity index (χ1v) is 7.30. The Bertz CT molecular complexity index is 811. The molecule has 0 fully saturated rings. The molecule has 0 aliphatic rings. The third-order valence-corrected chi connectivity index (χ3v) is 3.40. The van der Waals surface area contributed by atoms with E-state index in [1.807, 2.05) is 24.3 Å². The SMILES string of the molecule is CC(C)c1ccc(OCC(=O)Nc2ncnc3nc[nH]c23)cc1. The Morgan fingerprint density at radius 3 is 2.74 bits per heavy atom. The maximum absolute atomic E-state index is 12.0. The second kappa shape index (κ2) is 6.43. The number of carbonyl (C=O) groups is 1. The van der Waals surface area contributed by atoms with Crippen LogP contribution in [0.5, 0.6) is 5.75 Å². The van der Waals surface area contributed by atoms with Gasteiger partial charge in [-0.2, -0.15) is 0 Å². The van der Waals surface area contributed by atoms with E-state index in [9.17, 15) is 4.79 Å². The van der Waals surface area contributed by atoms with Crippen molar-refractivity contribution in [3.63, 3.8) is 0 Å². The fraction of sp³-hybridized carbons (Fsp3) is 0.250. The van der Waals surface area contributed by atoms with Gasteiger partial charge in [-0.1, -0.05) is 26.0 Å². The van der Waals surface area contributed by atoms with Gasteiger partial charge in [0, 0.05) is 0 Å². The number of rotatable bonds is 5. The van der Waals surface area contributed by atoms with Crippen LogP contribution in [-0.4, -0.2) is 32.4 Å². The van der Waals surface area contributed by atoms with Gasteiger partial charge in [0.2, 0.25) is 0 Å². The molecule has 3 rings (SSSR count). The number of amides is 1. The summed E-state index contributed by atoms with van der Waals surface area (Å²) in [5.41, 5.74) is 2.31. The lowest BCUT2D eigenvalue weighted by Gasteiger charge is -2.09. The van der Waals surface area contributed by atoms with Crippen molar-refractivity contribution in [2.75, 3.05) is 11.9 Å². The number of benzene rings is 1. The summed E-state index contributed by atoms with van der Waals surface area (Å²) in [4.78, 5) is 26.9. The maximum atomic E-state index is 12.0. The summed E-state index contributed by atoms with van der Waals surface area (Å²) in [6.07, 6.45) is 2.85. The van der Waals surface area contributed by atoms with Crippen LogP contribution in [0.3, 0.4) is 0 Å². The van der Waals surface area contributed by atoms with Crippen molar-refractivity contribution in [1.82, 2.24) is 19.9 Å². The van der Waals surface area contributed by atoms with E-state index in [1.54, 1.807) is 0 Å². The molecule has 1 amide bonds. The summed E-state index contributed by atoms with van der Waals surface area (Å²) < 4.78 is 5.49. The molecule has 2 aromatic heterocycles. The quantitative estimate of drug-likeness (QED) is 0.755. The average molecular weight is 311 g/mol. The predicted molar refractivity (Wildman–Crippen MR) is 86.3 cm³/mol. The van der Waals surface area contributed by atoms with Gasteiger partial charge in [0.15, 0.2) is 18.1 Å². The number of aromatic amines is 1. The molecule has 0 saturated heterocycles. The number of nitrogens with zero attached hydrogens (tertiary/aromatic N) is 3. The highest BCUT2D eigenvalue weighted by atomic mass is 16.5. The number of aromatic nitrogens is 4. The van der Waals surface area contributed by atoms with Crippen LogP contribution in [0.15, 0.2) is 36.9 Å². The zero-order valence-corrected chi connectivity index (χ0v) is 12.9. The van der Waals surface area contributed by atoms with Gasteiger partial charge >= 0.3 is 0 Å². The molecular weight excluding hydrogens is 294 g/mol. The second-order valence-corrected chi connectivity index (χ2v) is 5.38. The van der Waals surface area contributed by atoms with Gasteiger partial charge in [0.05, 0.1) is 6.33 Å². The summed E-state index contributed by atoms with van der Waals surface area (Å²) >= 11 is 0. The molecule has 0 bridgehead atoms. The highest BCUT2D eigenvalue weighted by Crippen LogP contribution is 2.19. The number of H-pyrrole nitrogens is 1. The fourth-order valence-electron chi connectivity index (χ4n) is 2.13. The minimum atomic E-state index is -0.299. The smallest absolute Gasteiger partial charge is 0.263 e. The van der Waals surface area contributed by atoms with Crippen molar-refractivity contribution in [2.24, 2.45) is 0 Å². The van der Waals surface area contributed by atoms with E-state index in [-0.39, 0.29) is 12.5 Å². The minimum Gasteiger partial charge on any atom is -0.484 e. The lowest BCUT2D eigenvalue weighted by atomic mass is 10.0. The largest absolute Gasteiger partial charge is 0.484 e. The molecular formula is C16H17N5O2. The first-order chi connectivity index (χ1) is 11.1. The number of hydrogen-bond donors (Lipinski definition) is 2. The van der Waals surface area contributed by atoms with E-state index in [2.05, 4.69) is 39.1 Å². The summed E-state index contributed by atoms with van der Waals surface area (Å²) in [7, 11) is 0. The van der Waals surface area contributed by atoms with Crippen molar-refractivity contribution in [3.05, 3.63) is 42.5 Å². The van der Waals surface area contributed by atoms with Crippen LogP contribution in [0.1, 0.15) is 25.3 Å². The van der Waals surface area contributed by atoms with Gasteiger partial charge in [-0.3, -0.25) is 4.79 Å². The van der Waals surface area contributed by atoms with E-state index in [1.165, 1.54) is 18.2 Å². The van der Waals surface area contributed by atoms with Gasteiger partial charge in [0.25, 0.3) is 5.91 Å². The summed E-state index contributed by atoms with van der Waals surface area (Å²) in [5.74, 6) is 1.20. The van der Waals surface area contributed by atoms with Crippen LogP contribution in [0, 0.1) is 0 Å². The Morgan fingerprint density at radius 1 is 1.22 bits per heavy atom. The molecule has 7 heteroatoms. The lowest BCUT2D eigenvalue weighted by Crippen LogP contribution is -2.21. The molecule has 1 aromatic carbocycles. The van der Waals surface area contributed by atoms with Crippen molar-refractivity contribution in [3.8, 4) is 5.75 Å². The van der Waals surface area contributed by atoms with E-state index < -0.39 is 0 Å². The average Bonchev–Trinajstić information content (AvgIpc) is 3.03. The third kappa shape index (κ3) is 3.45. The number of hydrogen-bond acceptors (Lipinski definition) is 5. The van der Waals surface area contributed by atoms with Gasteiger partial charge in [-0.05, 0) is 23.6 Å². The van der Waals surface area contributed by atoms with E-state index in [4.69, 9.17) is 4.74 Å². The molecule has 0 unspecified atom stereocenters. The van der Waals surface area contributed by atoms with Crippen LogP contribution < -0.4 is 10.1 Å². The van der Waals surface area contributed by atoms with Gasteiger partial charge in [0.1, 0.15) is 17.6 Å². The Morgan fingerprint density at radius 2 is 2.00 bits per heavy atom.